The summed E-state index contributed by atoms with van der Waals surface area (Å²) in [6.07, 6.45) is 2.94. The highest BCUT2D eigenvalue weighted by Gasteiger charge is 2.16. The van der Waals surface area contributed by atoms with Gasteiger partial charge in [0.2, 0.25) is 0 Å². The second-order valence-corrected chi connectivity index (χ2v) is 8.44. The predicted octanol–water partition coefficient (Wildman–Crippen LogP) is 3.50. The van der Waals surface area contributed by atoms with Crippen LogP contribution >= 0.6 is 11.3 Å². The summed E-state index contributed by atoms with van der Waals surface area (Å²) in [6, 6.07) is 14.3. The van der Waals surface area contributed by atoms with Gasteiger partial charge in [-0.05, 0) is 48.0 Å². The third kappa shape index (κ3) is 5.22. The molecule has 0 aliphatic rings. The fourth-order valence-electron chi connectivity index (χ4n) is 2.38. The minimum Gasteiger partial charge on any atom is -0.497 e. The zero-order valence-electron chi connectivity index (χ0n) is 15.7. The Labute approximate surface area is 177 Å². The lowest BCUT2D eigenvalue weighted by Gasteiger charge is -2.08. The number of benzene rings is 2. The Morgan fingerprint density at radius 1 is 1.17 bits per heavy atom. The van der Waals surface area contributed by atoms with Gasteiger partial charge < -0.3 is 10.1 Å². The number of nitrogens with one attached hydrogen (secondary N) is 2. The number of nitrogens with zero attached hydrogens (tertiary/aromatic N) is 2. The minimum atomic E-state index is -3.78. The van der Waals surface area contributed by atoms with Crippen LogP contribution in [0.3, 0.4) is 0 Å². The number of aromatic nitrogens is 1. The molecule has 1 aromatic heterocycles. The number of sulfonamides is 1. The molecule has 8 nitrogen and oxygen atoms in total. The van der Waals surface area contributed by atoms with E-state index in [9.17, 15) is 18.5 Å². The van der Waals surface area contributed by atoms with Crippen LogP contribution < -0.4 is 14.8 Å². The van der Waals surface area contributed by atoms with E-state index in [0.717, 1.165) is 11.3 Å². The van der Waals surface area contributed by atoms with Gasteiger partial charge in [-0.2, -0.15) is 5.26 Å². The number of hydrogen-bond donors (Lipinski definition) is 2. The van der Waals surface area contributed by atoms with E-state index in [0.29, 0.717) is 17.0 Å². The van der Waals surface area contributed by atoms with Crippen molar-refractivity contribution in [3.05, 3.63) is 71.2 Å². The maximum absolute atomic E-state index is 12.4. The molecular weight excluding hydrogens is 424 g/mol. The Bertz CT molecular complexity index is 1200. The van der Waals surface area contributed by atoms with Crippen molar-refractivity contribution >= 4 is 44.2 Å². The third-order valence-corrected chi connectivity index (χ3v) is 6.04. The first-order valence-electron chi connectivity index (χ1n) is 8.51. The van der Waals surface area contributed by atoms with E-state index in [2.05, 4.69) is 15.0 Å². The van der Waals surface area contributed by atoms with E-state index in [1.54, 1.807) is 36.8 Å². The Morgan fingerprint density at radius 2 is 1.87 bits per heavy atom. The van der Waals surface area contributed by atoms with Gasteiger partial charge in [0, 0.05) is 17.3 Å². The van der Waals surface area contributed by atoms with Gasteiger partial charge in [0.25, 0.3) is 15.9 Å². The van der Waals surface area contributed by atoms with Crippen LogP contribution in [0.5, 0.6) is 5.75 Å². The van der Waals surface area contributed by atoms with Gasteiger partial charge in [0.1, 0.15) is 17.4 Å². The number of methoxy groups -OCH3 is 1. The van der Waals surface area contributed by atoms with Crippen molar-refractivity contribution in [2.45, 2.75) is 4.90 Å². The number of ether oxygens (including phenoxy) is 1. The molecule has 0 bridgehead atoms. The molecule has 0 saturated heterocycles. The molecule has 30 heavy (non-hydrogen) atoms. The van der Waals surface area contributed by atoms with Crippen LogP contribution in [0.15, 0.2) is 70.6 Å². The molecule has 0 saturated carbocycles. The highest BCUT2D eigenvalue weighted by molar-refractivity contribution is 7.93. The fraction of sp³-hybridized carbons (Fsp3) is 0.0500. The highest BCUT2D eigenvalue weighted by Crippen LogP contribution is 2.20. The molecule has 152 valence electrons. The Morgan fingerprint density at radius 3 is 2.43 bits per heavy atom. The van der Waals surface area contributed by atoms with Crippen LogP contribution in [0.2, 0.25) is 0 Å². The minimum absolute atomic E-state index is 0.0185. The molecule has 0 atom stereocenters. The average molecular weight is 441 g/mol. The van der Waals surface area contributed by atoms with E-state index in [-0.39, 0.29) is 15.6 Å². The van der Waals surface area contributed by atoms with Gasteiger partial charge in [-0.3, -0.25) is 9.52 Å². The number of amides is 1. The highest BCUT2D eigenvalue weighted by atomic mass is 32.2. The molecule has 0 fully saturated rings. The van der Waals surface area contributed by atoms with Gasteiger partial charge in [-0.15, -0.1) is 11.3 Å². The van der Waals surface area contributed by atoms with Gasteiger partial charge in [0.15, 0.2) is 5.13 Å². The largest absolute Gasteiger partial charge is 0.497 e. The van der Waals surface area contributed by atoms with Crippen molar-refractivity contribution in [1.29, 1.82) is 5.26 Å². The van der Waals surface area contributed by atoms with Crippen LogP contribution in [0, 0.1) is 11.3 Å². The van der Waals surface area contributed by atoms with E-state index in [4.69, 9.17) is 4.74 Å². The van der Waals surface area contributed by atoms with Crippen LogP contribution in [0.4, 0.5) is 10.8 Å². The van der Waals surface area contributed by atoms with Crippen LogP contribution in [0.1, 0.15) is 5.56 Å². The molecule has 1 heterocycles. The predicted molar refractivity (Wildman–Crippen MR) is 115 cm³/mol. The van der Waals surface area contributed by atoms with Crippen molar-refractivity contribution in [2.24, 2.45) is 0 Å². The molecule has 0 spiro atoms. The molecule has 3 rings (SSSR count). The SMILES string of the molecule is COc1ccc(/C=C(\C#N)C(=O)Nc2ccc(S(=O)(=O)Nc3nccs3)cc2)cc1. The molecule has 0 aliphatic carbocycles. The summed E-state index contributed by atoms with van der Waals surface area (Å²) in [6.45, 7) is 0. The molecular formula is C20H16N4O4S2. The lowest BCUT2D eigenvalue weighted by atomic mass is 10.1. The number of nitriles is 1. The van der Waals surface area contributed by atoms with Gasteiger partial charge >= 0.3 is 0 Å². The van der Waals surface area contributed by atoms with Crippen LogP contribution in [-0.4, -0.2) is 26.4 Å². The molecule has 10 heteroatoms. The maximum atomic E-state index is 12.4. The van der Waals surface area contributed by atoms with E-state index in [1.165, 1.54) is 36.5 Å². The zero-order valence-corrected chi connectivity index (χ0v) is 17.3. The number of rotatable bonds is 7. The number of thiazole rings is 1. The van der Waals surface area contributed by atoms with Crippen molar-refractivity contribution < 1.29 is 17.9 Å². The molecule has 1 amide bonds. The summed E-state index contributed by atoms with van der Waals surface area (Å²) < 4.78 is 32.1. The standard InChI is InChI=1S/C20H16N4O4S2/c1-28-17-6-2-14(3-7-17)12-15(13-21)19(25)23-16-4-8-18(9-5-16)30(26,27)24-20-22-10-11-29-20/h2-12H,1H3,(H,22,24)(H,23,25)/b15-12+. The third-order valence-electron chi connectivity index (χ3n) is 3.87. The summed E-state index contributed by atoms with van der Waals surface area (Å²) in [4.78, 5) is 16.3. The van der Waals surface area contributed by atoms with Gasteiger partial charge in [0.05, 0.1) is 12.0 Å². The molecule has 0 radical (unpaired) electrons. The Kier molecular flexibility index (Phi) is 6.46. The molecule has 3 aromatic rings. The molecule has 0 unspecified atom stereocenters. The maximum Gasteiger partial charge on any atom is 0.266 e. The Hall–Kier alpha value is -3.68. The average Bonchev–Trinajstić information content (AvgIpc) is 3.25. The van der Waals surface area contributed by atoms with E-state index < -0.39 is 15.9 Å². The van der Waals surface area contributed by atoms with Crippen molar-refractivity contribution in [1.82, 2.24) is 4.98 Å². The second kappa shape index (κ2) is 9.21. The summed E-state index contributed by atoms with van der Waals surface area (Å²) in [5.74, 6) is 0.0549. The lowest BCUT2D eigenvalue weighted by Crippen LogP contribution is -2.15. The van der Waals surface area contributed by atoms with Gasteiger partial charge in [-0.25, -0.2) is 13.4 Å². The quantitative estimate of drug-likeness (QED) is 0.428. The van der Waals surface area contributed by atoms with Crippen molar-refractivity contribution in [3.8, 4) is 11.8 Å². The van der Waals surface area contributed by atoms with Gasteiger partial charge in [-0.1, -0.05) is 12.1 Å². The first-order valence-corrected chi connectivity index (χ1v) is 10.9. The van der Waals surface area contributed by atoms with Crippen LogP contribution in [-0.2, 0) is 14.8 Å². The summed E-state index contributed by atoms with van der Waals surface area (Å²) in [7, 11) is -2.24. The second-order valence-electron chi connectivity index (χ2n) is 5.86. The molecule has 2 N–H and O–H groups in total. The van der Waals surface area contributed by atoms with Crippen molar-refractivity contribution in [3.63, 3.8) is 0 Å². The monoisotopic (exact) mass is 440 g/mol. The number of anilines is 2. The zero-order chi connectivity index (χ0) is 21.6. The summed E-state index contributed by atoms with van der Waals surface area (Å²) in [5.41, 5.74) is 0.920. The fourth-order valence-corrected chi connectivity index (χ4v) is 4.17. The van der Waals surface area contributed by atoms with E-state index in [1.807, 2.05) is 6.07 Å². The molecule has 2 aromatic carbocycles. The number of carbonyl (C=O) groups is 1. The smallest absolute Gasteiger partial charge is 0.266 e. The first-order chi connectivity index (χ1) is 14.4. The normalized spacial score (nSPS) is 11.4. The van der Waals surface area contributed by atoms with Crippen LogP contribution in [0.25, 0.3) is 6.08 Å². The topological polar surface area (TPSA) is 121 Å². The van der Waals surface area contributed by atoms with Crippen molar-refractivity contribution in [2.75, 3.05) is 17.1 Å². The Balaban J connectivity index is 1.71. The summed E-state index contributed by atoms with van der Waals surface area (Å²) in [5, 5.41) is 13.8. The molecule has 0 aliphatic heterocycles. The number of carbonyl (C=O) groups excluding carboxylic acids is 1. The first kappa shape index (κ1) is 21.0. The number of hydrogen-bond acceptors (Lipinski definition) is 7. The lowest BCUT2D eigenvalue weighted by molar-refractivity contribution is -0.112. The summed E-state index contributed by atoms with van der Waals surface area (Å²) >= 11 is 1.16. The van der Waals surface area contributed by atoms with E-state index >= 15 is 0 Å².